The van der Waals surface area contributed by atoms with Crippen molar-refractivity contribution in [2.75, 3.05) is 11.6 Å². The van der Waals surface area contributed by atoms with E-state index in [-0.39, 0.29) is 12.3 Å². The summed E-state index contributed by atoms with van der Waals surface area (Å²) in [6, 6.07) is 0. The monoisotopic (exact) mass is 405 g/mol. The molecular weight excluding hydrogens is 378 g/mol. The van der Waals surface area contributed by atoms with Crippen molar-refractivity contribution in [2.45, 2.75) is 58.7 Å². The summed E-state index contributed by atoms with van der Waals surface area (Å²) in [5.41, 5.74) is 4.85. The number of rotatable bonds is 7. The van der Waals surface area contributed by atoms with Crippen LogP contribution in [0.1, 0.15) is 41.7 Å². The Kier molecular flexibility index (Phi) is 7.17. The summed E-state index contributed by atoms with van der Waals surface area (Å²) in [7, 11) is 1.81. The lowest BCUT2D eigenvalue weighted by Crippen LogP contribution is -2.30. The Hall–Kier alpha value is -2.42. The van der Waals surface area contributed by atoms with Crippen LogP contribution in [0.5, 0.6) is 0 Å². The number of esters is 1. The maximum Gasteiger partial charge on any atom is 0.306 e. The first-order valence-electron chi connectivity index (χ1n) is 9.02. The van der Waals surface area contributed by atoms with Gasteiger partial charge in [-0.2, -0.15) is 5.10 Å². The SMILES string of the molecule is CSc1nc(C)c(CCC(=O)O[C@H](C)C(=O)Nc2c(C)nn(C)c2C)c(C)n1. The van der Waals surface area contributed by atoms with Crippen molar-refractivity contribution in [1.29, 1.82) is 0 Å². The number of amides is 1. The van der Waals surface area contributed by atoms with Gasteiger partial charge in [0.05, 0.1) is 17.1 Å². The normalized spacial score (nSPS) is 12.0. The third-order valence-corrected chi connectivity index (χ3v) is 5.14. The van der Waals surface area contributed by atoms with Crippen LogP contribution >= 0.6 is 11.8 Å². The third-order valence-electron chi connectivity index (χ3n) is 4.60. The highest BCUT2D eigenvalue weighted by Gasteiger charge is 2.21. The number of aryl methyl sites for hydroxylation is 4. The molecule has 1 N–H and O–H groups in total. The van der Waals surface area contributed by atoms with Gasteiger partial charge in [0.25, 0.3) is 5.91 Å². The minimum atomic E-state index is -0.899. The lowest BCUT2D eigenvalue weighted by molar-refractivity contribution is -0.153. The molecule has 0 bridgehead atoms. The zero-order chi connectivity index (χ0) is 21.0. The quantitative estimate of drug-likeness (QED) is 0.429. The van der Waals surface area contributed by atoms with Crippen molar-refractivity contribution in [3.05, 3.63) is 28.3 Å². The average molecular weight is 406 g/mol. The first kappa shape index (κ1) is 21.9. The lowest BCUT2D eigenvalue weighted by atomic mass is 10.1. The number of nitrogens with zero attached hydrogens (tertiary/aromatic N) is 4. The average Bonchev–Trinajstić information content (AvgIpc) is 2.86. The zero-order valence-electron chi connectivity index (χ0n) is 17.4. The predicted octanol–water partition coefficient (Wildman–Crippen LogP) is 2.67. The highest BCUT2D eigenvalue weighted by Crippen LogP contribution is 2.19. The van der Waals surface area contributed by atoms with E-state index in [9.17, 15) is 9.59 Å². The van der Waals surface area contributed by atoms with Crippen LogP contribution in [0.25, 0.3) is 0 Å². The number of carbonyl (C=O) groups excluding carboxylic acids is 2. The molecule has 0 aromatic carbocycles. The summed E-state index contributed by atoms with van der Waals surface area (Å²) >= 11 is 1.48. The number of ether oxygens (including phenoxy) is 1. The maximum atomic E-state index is 12.4. The van der Waals surface area contributed by atoms with Gasteiger partial charge in [-0.1, -0.05) is 11.8 Å². The van der Waals surface area contributed by atoms with Crippen LogP contribution in [0, 0.1) is 27.7 Å². The van der Waals surface area contributed by atoms with E-state index < -0.39 is 12.1 Å². The molecule has 0 saturated heterocycles. The molecule has 8 nitrogen and oxygen atoms in total. The van der Waals surface area contributed by atoms with Gasteiger partial charge in [-0.25, -0.2) is 9.97 Å². The van der Waals surface area contributed by atoms with Crippen LogP contribution in [-0.2, 0) is 27.8 Å². The molecule has 1 atom stereocenters. The summed E-state index contributed by atoms with van der Waals surface area (Å²) < 4.78 is 6.99. The van der Waals surface area contributed by atoms with E-state index in [4.69, 9.17) is 4.74 Å². The molecule has 28 heavy (non-hydrogen) atoms. The fourth-order valence-electron chi connectivity index (χ4n) is 2.88. The highest BCUT2D eigenvalue weighted by molar-refractivity contribution is 7.98. The number of thioether (sulfide) groups is 1. The molecule has 0 aliphatic heterocycles. The fourth-order valence-corrected chi connectivity index (χ4v) is 3.33. The van der Waals surface area contributed by atoms with Gasteiger partial charge >= 0.3 is 5.97 Å². The van der Waals surface area contributed by atoms with Crippen LogP contribution in [-0.4, -0.2) is 44.0 Å². The molecule has 0 unspecified atom stereocenters. The van der Waals surface area contributed by atoms with Gasteiger partial charge < -0.3 is 10.1 Å². The lowest BCUT2D eigenvalue weighted by Gasteiger charge is -2.14. The molecule has 2 heterocycles. The maximum absolute atomic E-state index is 12.4. The molecule has 0 spiro atoms. The van der Waals surface area contributed by atoms with Crippen molar-refractivity contribution in [2.24, 2.45) is 7.05 Å². The standard InChI is InChI=1S/C19H27N5O3S/c1-10-15(11(2)21-19(20-10)28-7)8-9-16(25)27-14(5)18(26)22-17-12(3)23-24(6)13(17)4/h14H,8-9H2,1-7H3,(H,22,26)/t14-/m1/s1. The van der Waals surface area contributed by atoms with Gasteiger partial charge in [-0.3, -0.25) is 14.3 Å². The Morgan fingerprint density at radius 2 is 1.75 bits per heavy atom. The molecule has 0 aliphatic carbocycles. The zero-order valence-corrected chi connectivity index (χ0v) is 18.2. The Labute approximate surface area is 169 Å². The molecule has 2 aromatic heterocycles. The number of carbonyl (C=O) groups is 2. The Bertz CT molecular complexity index is 871. The molecule has 0 radical (unpaired) electrons. The van der Waals surface area contributed by atoms with Crippen LogP contribution in [0.15, 0.2) is 5.16 Å². The Morgan fingerprint density at radius 1 is 1.14 bits per heavy atom. The van der Waals surface area contributed by atoms with Crippen LogP contribution in [0.2, 0.25) is 0 Å². The van der Waals surface area contributed by atoms with Gasteiger partial charge in [-0.05, 0) is 52.9 Å². The van der Waals surface area contributed by atoms with E-state index >= 15 is 0 Å². The molecule has 0 saturated carbocycles. The van der Waals surface area contributed by atoms with Gasteiger partial charge in [0.2, 0.25) is 0 Å². The minimum absolute atomic E-state index is 0.159. The van der Waals surface area contributed by atoms with Crippen LogP contribution in [0.3, 0.4) is 0 Å². The van der Waals surface area contributed by atoms with E-state index in [1.807, 2.05) is 34.0 Å². The molecule has 9 heteroatoms. The molecule has 0 aliphatic rings. The largest absolute Gasteiger partial charge is 0.453 e. The van der Waals surface area contributed by atoms with Crippen molar-refractivity contribution in [1.82, 2.24) is 19.7 Å². The van der Waals surface area contributed by atoms with Gasteiger partial charge in [0.1, 0.15) is 0 Å². The summed E-state index contributed by atoms with van der Waals surface area (Å²) in [6.45, 7) is 9.05. The fraction of sp³-hybridized carbons (Fsp3) is 0.526. The number of anilines is 1. The molecule has 0 fully saturated rings. The van der Waals surface area contributed by atoms with Crippen molar-refractivity contribution >= 4 is 29.3 Å². The van der Waals surface area contributed by atoms with E-state index in [1.165, 1.54) is 11.8 Å². The molecule has 2 aromatic rings. The number of hydrogen-bond acceptors (Lipinski definition) is 7. The van der Waals surface area contributed by atoms with Crippen LogP contribution in [0.4, 0.5) is 5.69 Å². The minimum Gasteiger partial charge on any atom is -0.453 e. The second-order valence-electron chi connectivity index (χ2n) is 6.65. The number of hydrogen-bond donors (Lipinski definition) is 1. The van der Waals surface area contributed by atoms with Gasteiger partial charge in [-0.15, -0.1) is 0 Å². The van der Waals surface area contributed by atoms with E-state index in [2.05, 4.69) is 20.4 Å². The molecule has 152 valence electrons. The second-order valence-corrected chi connectivity index (χ2v) is 7.42. The predicted molar refractivity (Wildman–Crippen MR) is 108 cm³/mol. The van der Waals surface area contributed by atoms with Crippen molar-refractivity contribution in [3.63, 3.8) is 0 Å². The highest BCUT2D eigenvalue weighted by atomic mass is 32.2. The topological polar surface area (TPSA) is 99.0 Å². The Balaban J connectivity index is 1.93. The smallest absolute Gasteiger partial charge is 0.306 e. The third kappa shape index (κ3) is 5.09. The molecule has 1 amide bonds. The van der Waals surface area contributed by atoms with Crippen molar-refractivity contribution in [3.8, 4) is 0 Å². The van der Waals surface area contributed by atoms with Gasteiger partial charge in [0.15, 0.2) is 11.3 Å². The second kappa shape index (κ2) is 9.18. The first-order chi connectivity index (χ1) is 13.1. The van der Waals surface area contributed by atoms with E-state index in [1.54, 1.807) is 18.7 Å². The van der Waals surface area contributed by atoms with Crippen LogP contribution < -0.4 is 5.32 Å². The van der Waals surface area contributed by atoms with E-state index in [0.717, 1.165) is 22.6 Å². The first-order valence-corrected chi connectivity index (χ1v) is 10.2. The summed E-state index contributed by atoms with van der Waals surface area (Å²) in [6.07, 6.45) is 1.66. The van der Waals surface area contributed by atoms with Gasteiger partial charge in [0, 0.05) is 24.9 Å². The Morgan fingerprint density at radius 3 is 2.25 bits per heavy atom. The van der Waals surface area contributed by atoms with E-state index in [0.29, 0.717) is 23.0 Å². The summed E-state index contributed by atoms with van der Waals surface area (Å²) in [5, 5.41) is 7.76. The molecular formula is C19H27N5O3S. The number of aromatic nitrogens is 4. The summed E-state index contributed by atoms with van der Waals surface area (Å²) in [5.74, 6) is -0.817. The van der Waals surface area contributed by atoms with Crippen molar-refractivity contribution < 1.29 is 14.3 Å². The number of nitrogens with one attached hydrogen (secondary N) is 1. The summed E-state index contributed by atoms with van der Waals surface area (Å²) in [4.78, 5) is 33.4. The molecule has 2 rings (SSSR count).